The molecular formula is C79H126O17P2. The molecule has 0 aromatic heterocycles. The van der Waals surface area contributed by atoms with Gasteiger partial charge in [0.2, 0.25) is 0 Å². The monoisotopic (exact) mass is 1410 g/mol. The first-order valence-electron chi connectivity index (χ1n) is 36.4. The molecule has 0 heterocycles. The summed E-state index contributed by atoms with van der Waals surface area (Å²) in [5, 5.41) is 10.6. The summed E-state index contributed by atoms with van der Waals surface area (Å²) < 4.78 is 68.0. The number of hydrogen-bond acceptors (Lipinski definition) is 15. The van der Waals surface area contributed by atoms with E-state index in [-0.39, 0.29) is 25.7 Å². The van der Waals surface area contributed by atoms with E-state index in [1.165, 1.54) is 25.7 Å². The molecule has 0 radical (unpaired) electrons. The summed E-state index contributed by atoms with van der Waals surface area (Å²) in [6.07, 6.45) is 81.4. The Morgan fingerprint density at radius 1 is 0.306 bits per heavy atom. The average Bonchev–Trinajstić information content (AvgIpc) is 1.04. The summed E-state index contributed by atoms with van der Waals surface area (Å²) in [6.45, 7) is 4.21. The van der Waals surface area contributed by atoms with Crippen LogP contribution in [-0.2, 0) is 65.4 Å². The Balaban J connectivity index is 5.52. The molecule has 0 aromatic carbocycles. The maximum absolute atomic E-state index is 13.1. The van der Waals surface area contributed by atoms with Crippen LogP contribution >= 0.6 is 15.6 Å². The first-order valence-corrected chi connectivity index (χ1v) is 39.4. The Kier molecular flexibility index (Phi) is 65.9. The van der Waals surface area contributed by atoms with Gasteiger partial charge in [-0.3, -0.25) is 37.3 Å². The van der Waals surface area contributed by atoms with E-state index in [0.29, 0.717) is 25.7 Å². The third-order valence-electron chi connectivity index (χ3n) is 14.2. The zero-order valence-corrected chi connectivity index (χ0v) is 61.9. The van der Waals surface area contributed by atoms with Crippen LogP contribution in [0.4, 0.5) is 0 Å². The van der Waals surface area contributed by atoms with Gasteiger partial charge in [-0.1, -0.05) is 256 Å². The van der Waals surface area contributed by atoms with Crippen molar-refractivity contribution in [3.05, 3.63) is 170 Å². The standard InChI is InChI=1S/C79H126O17P2/c1-5-9-13-17-21-25-29-33-36-40-43-47-51-55-59-63-76(81)89-69-74(95-78(83)65-61-57-53-49-45-39-32-28-24-20-16-12-8-4)71-93-97(85,86)91-67-73(80)68-92-98(87,88)94-72-75(96-79(84)66-62-58-54-50-46-42-38-35-31-27-23-19-15-11-7-3)70-90-77(82)64-60-56-52-48-44-41-37-34-30-26-22-18-14-10-6-2/h9-11,13-15,21-23,25-28,32-38,44,46,48,50,56,58,60,62,73-75,80H,5-8,12,16-20,24,29-31,39-43,45,47,49,51-55,57,59,61,63-72H2,1-4H3,(H,85,86)(H,87,88)/b13-9-,14-10-,15-11-,25-21-,26-22-,27-23-,32-28-,36-33-,37-34-,38-35-,48-44-,50-46-,60-56-,62-58-. The third kappa shape index (κ3) is 68.9. The summed E-state index contributed by atoms with van der Waals surface area (Å²) >= 11 is 0. The molecule has 0 aliphatic rings. The molecule has 0 aromatic rings. The highest BCUT2D eigenvalue weighted by Gasteiger charge is 2.30. The minimum absolute atomic E-state index is 0.0707. The van der Waals surface area contributed by atoms with Gasteiger partial charge in [0.25, 0.3) is 0 Å². The van der Waals surface area contributed by atoms with E-state index in [2.05, 4.69) is 149 Å². The van der Waals surface area contributed by atoms with Crippen molar-refractivity contribution in [3.63, 3.8) is 0 Å². The van der Waals surface area contributed by atoms with E-state index < -0.39 is 97.5 Å². The number of hydrogen-bond donors (Lipinski definition) is 3. The lowest BCUT2D eigenvalue weighted by Crippen LogP contribution is -2.30. The van der Waals surface area contributed by atoms with Gasteiger partial charge in [-0.25, -0.2) is 9.13 Å². The van der Waals surface area contributed by atoms with Gasteiger partial charge in [0, 0.05) is 12.8 Å². The topological polar surface area (TPSA) is 237 Å². The lowest BCUT2D eigenvalue weighted by molar-refractivity contribution is -0.161. The summed E-state index contributed by atoms with van der Waals surface area (Å²) in [5.41, 5.74) is 0. The Morgan fingerprint density at radius 2 is 0.582 bits per heavy atom. The molecule has 0 rings (SSSR count). The fourth-order valence-corrected chi connectivity index (χ4v) is 10.4. The Bertz CT molecular complexity index is 2530. The van der Waals surface area contributed by atoms with Gasteiger partial charge >= 0.3 is 39.5 Å². The second-order valence-corrected chi connectivity index (χ2v) is 26.3. The van der Waals surface area contributed by atoms with Gasteiger partial charge in [-0.15, -0.1) is 0 Å². The second kappa shape index (κ2) is 69.9. The van der Waals surface area contributed by atoms with Gasteiger partial charge in [-0.2, -0.15) is 0 Å². The Labute approximate surface area is 591 Å². The van der Waals surface area contributed by atoms with Gasteiger partial charge in [0.05, 0.1) is 39.3 Å². The molecule has 0 spiro atoms. The van der Waals surface area contributed by atoms with E-state index in [1.807, 2.05) is 24.3 Å². The number of rotatable bonds is 66. The number of phosphoric ester groups is 2. The number of carbonyl (C=O) groups is 4. The molecule has 0 saturated carbocycles. The Hall–Kier alpha value is -5.58. The molecule has 0 aliphatic carbocycles. The van der Waals surface area contributed by atoms with Crippen molar-refractivity contribution < 1.29 is 80.2 Å². The van der Waals surface area contributed by atoms with Gasteiger partial charge in [-0.05, 0) is 135 Å². The number of aliphatic hydroxyl groups excluding tert-OH is 1. The van der Waals surface area contributed by atoms with Crippen molar-refractivity contribution in [1.82, 2.24) is 0 Å². The number of carbonyl (C=O) groups excluding carboxylic acids is 4. The third-order valence-corrected chi connectivity index (χ3v) is 16.1. The Morgan fingerprint density at radius 3 is 0.959 bits per heavy atom. The van der Waals surface area contributed by atoms with E-state index >= 15 is 0 Å². The molecule has 0 amide bonds. The van der Waals surface area contributed by atoms with E-state index in [0.717, 1.165) is 141 Å². The maximum Gasteiger partial charge on any atom is 0.472 e. The van der Waals surface area contributed by atoms with E-state index in [4.69, 9.17) is 37.0 Å². The molecule has 0 aliphatic heterocycles. The highest BCUT2D eigenvalue weighted by atomic mass is 31.2. The quantitative estimate of drug-likeness (QED) is 0.0169. The lowest BCUT2D eigenvalue weighted by Gasteiger charge is -2.21. The molecule has 0 bridgehead atoms. The van der Waals surface area contributed by atoms with Crippen LogP contribution in [0.2, 0.25) is 0 Å². The molecule has 17 nitrogen and oxygen atoms in total. The highest BCUT2D eigenvalue weighted by molar-refractivity contribution is 7.47. The number of esters is 4. The average molecular weight is 1410 g/mol. The van der Waals surface area contributed by atoms with Gasteiger partial charge < -0.3 is 33.8 Å². The maximum atomic E-state index is 13.1. The van der Waals surface area contributed by atoms with Crippen LogP contribution in [-0.4, -0.2) is 96.7 Å². The van der Waals surface area contributed by atoms with Crippen molar-refractivity contribution in [2.75, 3.05) is 39.6 Å². The first kappa shape index (κ1) is 92.4. The summed E-state index contributed by atoms with van der Waals surface area (Å²) in [6, 6.07) is 0. The minimum Gasteiger partial charge on any atom is -0.462 e. The number of allylic oxidation sites excluding steroid dienone is 26. The zero-order valence-electron chi connectivity index (χ0n) is 60.1. The van der Waals surface area contributed by atoms with Crippen LogP contribution in [0.25, 0.3) is 0 Å². The highest BCUT2D eigenvalue weighted by Crippen LogP contribution is 2.45. The van der Waals surface area contributed by atoms with Crippen LogP contribution < -0.4 is 0 Å². The number of phosphoric acid groups is 2. The smallest absolute Gasteiger partial charge is 0.462 e. The van der Waals surface area contributed by atoms with Crippen molar-refractivity contribution in [2.45, 2.75) is 264 Å². The van der Waals surface area contributed by atoms with Crippen molar-refractivity contribution in [2.24, 2.45) is 0 Å². The molecular weight excluding hydrogens is 1280 g/mol. The van der Waals surface area contributed by atoms with Crippen molar-refractivity contribution in [1.29, 1.82) is 0 Å². The molecule has 0 saturated heterocycles. The van der Waals surface area contributed by atoms with E-state index in [1.54, 1.807) is 24.3 Å². The lowest BCUT2D eigenvalue weighted by atomic mass is 10.1. The van der Waals surface area contributed by atoms with Crippen LogP contribution in [0.5, 0.6) is 0 Å². The van der Waals surface area contributed by atoms with Crippen molar-refractivity contribution >= 4 is 39.5 Å². The summed E-state index contributed by atoms with van der Waals surface area (Å²) in [4.78, 5) is 72.6. The number of ether oxygens (including phenoxy) is 4. The van der Waals surface area contributed by atoms with Crippen LogP contribution in [0.3, 0.4) is 0 Å². The van der Waals surface area contributed by atoms with Crippen LogP contribution in [0.1, 0.15) is 246 Å². The van der Waals surface area contributed by atoms with Crippen LogP contribution in [0.15, 0.2) is 170 Å². The number of aliphatic hydroxyl groups is 1. The first-order chi connectivity index (χ1) is 47.7. The predicted octanol–water partition coefficient (Wildman–Crippen LogP) is 20.7. The zero-order chi connectivity index (χ0) is 71.8. The molecule has 5 unspecified atom stereocenters. The molecule has 98 heavy (non-hydrogen) atoms. The van der Waals surface area contributed by atoms with E-state index in [9.17, 15) is 43.2 Å². The number of unbranched alkanes of at least 4 members (excludes halogenated alkanes) is 14. The SMILES string of the molecule is CC/C=C\C/C=C\C/C=C\C/C=C\C/C=C\CC(=O)OCC(COP(=O)(O)OCC(O)COP(=O)(O)OCC(COC(=O)CCCCCCC/C=C\C/C=C\C/C=C\CC)OC(=O)CCCCCCC/C=C\CCCCCC)OC(=O)C/C=C\C/C=C\C/C=C\C/C=C\C/C=C\CC. The minimum atomic E-state index is -5.02. The molecule has 0 fully saturated rings. The van der Waals surface area contributed by atoms with Crippen molar-refractivity contribution in [3.8, 4) is 0 Å². The molecule has 3 N–H and O–H groups in total. The fraction of sp³-hybridized carbons (Fsp3) is 0.595. The normalized spacial score (nSPS) is 15.0. The predicted molar refractivity (Wildman–Crippen MR) is 399 cm³/mol. The molecule has 5 atom stereocenters. The summed E-state index contributed by atoms with van der Waals surface area (Å²) in [5.74, 6) is -2.52. The molecule has 19 heteroatoms. The second-order valence-electron chi connectivity index (χ2n) is 23.4. The van der Waals surface area contributed by atoms with Gasteiger partial charge in [0.1, 0.15) is 19.3 Å². The van der Waals surface area contributed by atoms with Gasteiger partial charge in [0.15, 0.2) is 12.2 Å². The molecule has 554 valence electrons. The van der Waals surface area contributed by atoms with Crippen LogP contribution in [0, 0.1) is 0 Å². The summed E-state index contributed by atoms with van der Waals surface area (Å²) in [7, 11) is -10.0. The largest absolute Gasteiger partial charge is 0.472 e. The fourth-order valence-electron chi connectivity index (χ4n) is 8.79.